The second-order valence-corrected chi connectivity index (χ2v) is 5.68. The first-order chi connectivity index (χ1) is 13.5. The molecule has 2 aromatic rings. The Morgan fingerprint density at radius 1 is 1.00 bits per heavy atom. The molecule has 0 unspecified atom stereocenters. The molecule has 1 atom stereocenters. The highest BCUT2D eigenvalue weighted by molar-refractivity contribution is 6.27. The summed E-state index contributed by atoms with van der Waals surface area (Å²) in [6.45, 7) is 0.655. The highest BCUT2D eigenvalue weighted by atomic mass is 19.4. The van der Waals surface area contributed by atoms with Crippen molar-refractivity contribution in [1.82, 2.24) is 5.32 Å². The van der Waals surface area contributed by atoms with Crippen LogP contribution >= 0.6 is 0 Å². The Labute approximate surface area is 163 Å². The number of hydrogen-bond acceptors (Lipinski definition) is 4. The molecule has 0 amide bonds. The molecule has 6 nitrogen and oxygen atoms in total. The minimum absolute atomic E-state index is 0.337. The number of hydrogen-bond donors (Lipinski definition) is 3. The third-order valence-electron chi connectivity index (χ3n) is 3.54. The zero-order valence-corrected chi connectivity index (χ0v) is 15.2. The van der Waals surface area contributed by atoms with Gasteiger partial charge < -0.3 is 20.3 Å². The first-order valence-electron chi connectivity index (χ1n) is 8.24. The van der Waals surface area contributed by atoms with Gasteiger partial charge in [0.05, 0.1) is 5.56 Å². The molecule has 2 aromatic carbocycles. The summed E-state index contributed by atoms with van der Waals surface area (Å²) >= 11 is 0. The average Bonchev–Trinajstić information content (AvgIpc) is 2.66. The molecular formula is C19H19F4NO5. The van der Waals surface area contributed by atoms with Crippen LogP contribution in [-0.2, 0) is 15.8 Å². The number of halogens is 4. The van der Waals surface area contributed by atoms with E-state index < -0.39 is 23.7 Å². The van der Waals surface area contributed by atoms with E-state index in [1.807, 2.05) is 0 Å². The first-order valence-corrected chi connectivity index (χ1v) is 8.24. The predicted octanol–water partition coefficient (Wildman–Crippen LogP) is 3.73. The highest BCUT2D eigenvalue weighted by Gasteiger charge is 2.30. The van der Waals surface area contributed by atoms with E-state index >= 15 is 0 Å². The van der Waals surface area contributed by atoms with E-state index in [1.165, 1.54) is 24.3 Å². The number of carboxylic acids is 2. The van der Waals surface area contributed by atoms with E-state index in [-0.39, 0.29) is 11.9 Å². The summed E-state index contributed by atoms with van der Waals surface area (Å²) in [6.07, 6.45) is -4.15. The van der Waals surface area contributed by atoms with Crippen LogP contribution in [0.3, 0.4) is 0 Å². The lowest BCUT2D eigenvalue weighted by atomic mass is 10.1. The van der Waals surface area contributed by atoms with Crippen LogP contribution in [0.2, 0.25) is 0 Å². The van der Waals surface area contributed by atoms with Crippen molar-refractivity contribution in [2.24, 2.45) is 0 Å². The van der Waals surface area contributed by atoms with E-state index in [0.717, 1.165) is 17.7 Å². The van der Waals surface area contributed by atoms with Crippen molar-refractivity contribution >= 4 is 11.9 Å². The number of rotatable bonds is 6. The average molecular weight is 417 g/mol. The number of alkyl halides is 3. The van der Waals surface area contributed by atoms with Gasteiger partial charge in [0.15, 0.2) is 0 Å². The fraction of sp³-hybridized carbons (Fsp3) is 0.263. The lowest BCUT2D eigenvalue weighted by molar-refractivity contribution is -0.159. The third kappa shape index (κ3) is 8.60. The minimum Gasteiger partial charge on any atom is -0.486 e. The van der Waals surface area contributed by atoms with Crippen molar-refractivity contribution in [2.45, 2.75) is 18.7 Å². The Hall–Kier alpha value is -3.14. The van der Waals surface area contributed by atoms with Gasteiger partial charge in [0.25, 0.3) is 0 Å². The van der Waals surface area contributed by atoms with Crippen molar-refractivity contribution in [3.05, 3.63) is 65.5 Å². The first kappa shape index (κ1) is 23.9. The van der Waals surface area contributed by atoms with Gasteiger partial charge in [-0.3, -0.25) is 0 Å². The summed E-state index contributed by atoms with van der Waals surface area (Å²) in [4.78, 5) is 18.2. The normalized spacial score (nSPS) is 11.8. The molecule has 0 aromatic heterocycles. The Kier molecular flexibility index (Phi) is 9.07. The van der Waals surface area contributed by atoms with E-state index in [0.29, 0.717) is 18.7 Å². The molecule has 0 fully saturated rings. The van der Waals surface area contributed by atoms with Crippen LogP contribution in [0.4, 0.5) is 17.6 Å². The number of benzene rings is 2. The van der Waals surface area contributed by atoms with Crippen LogP contribution < -0.4 is 10.1 Å². The Morgan fingerprint density at radius 3 is 1.93 bits per heavy atom. The monoisotopic (exact) mass is 417 g/mol. The summed E-state index contributed by atoms with van der Waals surface area (Å²) in [5.74, 6) is -3.66. The molecule has 0 aliphatic carbocycles. The summed E-state index contributed by atoms with van der Waals surface area (Å²) in [7, 11) is 1.79. The molecule has 0 spiro atoms. The van der Waals surface area contributed by atoms with Gasteiger partial charge in [-0.2, -0.15) is 13.2 Å². The van der Waals surface area contributed by atoms with Crippen molar-refractivity contribution < 1.29 is 42.1 Å². The smallest absolute Gasteiger partial charge is 0.416 e. The molecule has 0 radical (unpaired) electrons. The van der Waals surface area contributed by atoms with E-state index in [4.69, 9.17) is 24.5 Å². The zero-order chi connectivity index (χ0) is 22.0. The van der Waals surface area contributed by atoms with Crippen molar-refractivity contribution in [2.75, 3.05) is 13.6 Å². The molecule has 0 aliphatic rings. The molecule has 0 heterocycles. The molecular weight excluding hydrogens is 398 g/mol. The Bertz CT molecular complexity index is 780. The van der Waals surface area contributed by atoms with Gasteiger partial charge in [0.2, 0.25) is 0 Å². The Balaban J connectivity index is 0.000000612. The third-order valence-corrected chi connectivity index (χ3v) is 3.54. The van der Waals surface area contributed by atoms with Crippen LogP contribution in [-0.4, -0.2) is 35.7 Å². The van der Waals surface area contributed by atoms with Crippen LogP contribution in [0.25, 0.3) is 0 Å². The topological polar surface area (TPSA) is 95.9 Å². The molecule has 0 bridgehead atoms. The van der Waals surface area contributed by atoms with Crippen molar-refractivity contribution in [1.29, 1.82) is 0 Å². The minimum atomic E-state index is -4.37. The summed E-state index contributed by atoms with van der Waals surface area (Å²) in [5, 5.41) is 17.8. The molecule has 0 saturated carbocycles. The van der Waals surface area contributed by atoms with E-state index in [1.54, 1.807) is 19.2 Å². The maximum atomic E-state index is 13.0. The lowest BCUT2D eigenvalue weighted by Gasteiger charge is -2.20. The molecule has 10 heteroatoms. The van der Waals surface area contributed by atoms with Gasteiger partial charge >= 0.3 is 18.1 Å². The fourth-order valence-electron chi connectivity index (χ4n) is 2.13. The molecule has 0 saturated heterocycles. The van der Waals surface area contributed by atoms with Crippen LogP contribution in [0, 0.1) is 5.82 Å². The maximum Gasteiger partial charge on any atom is 0.416 e. The summed E-state index contributed by atoms with van der Waals surface area (Å²) in [6, 6.07) is 10.4. The van der Waals surface area contributed by atoms with E-state index in [9.17, 15) is 17.6 Å². The van der Waals surface area contributed by atoms with Crippen molar-refractivity contribution in [3.8, 4) is 5.75 Å². The number of nitrogens with one attached hydrogen (secondary N) is 1. The maximum absolute atomic E-state index is 13.0. The van der Waals surface area contributed by atoms with Gasteiger partial charge in [0, 0.05) is 6.42 Å². The highest BCUT2D eigenvalue weighted by Crippen LogP contribution is 2.31. The SMILES string of the molecule is CNCC[C@H](Oc1ccc(C(F)(F)F)cc1)c1ccc(F)cc1.O=C(O)C(=O)O. The van der Waals surface area contributed by atoms with Crippen molar-refractivity contribution in [3.63, 3.8) is 0 Å². The number of aliphatic carboxylic acids is 2. The quantitative estimate of drug-likeness (QED) is 0.490. The summed E-state index contributed by atoms with van der Waals surface area (Å²) < 4.78 is 56.5. The van der Waals surface area contributed by atoms with E-state index in [2.05, 4.69) is 5.32 Å². The second-order valence-electron chi connectivity index (χ2n) is 5.68. The van der Waals surface area contributed by atoms with Gasteiger partial charge in [-0.1, -0.05) is 12.1 Å². The van der Waals surface area contributed by atoms with Gasteiger partial charge in [-0.05, 0) is 55.6 Å². The van der Waals surface area contributed by atoms with Crippen LogP contribution in [0.15, 0.2) is 48.5 Å². The molecule has 158 valence electrons. The number of carboxylic acid groups (broad SMARTS) is 2. The summed E-state index contributed by atoms with van der Waals surface area (Å²) in [5.41, 5.74) is 0.0416. The number of carbonyl (C=O) groups is 2. The Morgan fingerprint density at radius 2 is 1.52 bits per heavy atom. The predicted molar refractivity (Wildman–Crippen MR) is 95.0 cm³/mol. The van der Waals surface area contributed by atoms with Gasteiger partial charge in [-0.15, -0.1) is 0 Å². The lowest BCUT2D eigenvalue weighted by Crippen LogP contribution is -2.16. The zero-order valence-electron chi connectivity index (χ0n) is 15.2. The number of ether oxygens (including phenoxy) is 1. The van der Waals surface area contributed by atoms with Gasteiger partial charge in [0.1, 0.15) is 17.7 Å². The molecule has 0 aliphatic heterocycles. The van der Waals surface area contributed by atoms with Crippen LogP contribution in [0.1, 0.15) is 23.7 Å². The molecule has 29 heavy (non-hydrogen) atoms. The van der Waals surface area contributed by atoms with Gasteiger partial charge in [-0.25, -0.2) is 14.0 Å². The van der Waals surface area contributed by atoms with Crippen LogP contribution in [0.5, 0.6) is 5.75 Å². The fourth-order valence-corrected chi connectivity index (χ4v) is 2.13. The standard InChI is InChI=1S/C17H17F4NO.C2H2O4/c1-22-11-10-16(12-2-6-14(18)7-3-12)23-15-8-4-13(5-9-15)17(19,20)21;3-1(4)2(5)6/h2-9,16,22H,10-11H2,1H3;(H,3,4)(H,5,6)/t16-;/m0./s1. The second kappa shape index (κ2) is 11.0. The molecule has 2 rings (SSSR count). The molecule has 3 N–H and O–H groups in total. The largest absolute Gasteiger partial charge is 0.486 e.